The van der Waals surface area contributed by atoms with E-state index in [0.717, 1.165) is 22.9 Å². The second-order valence-corrected chi connectivity index (χ2v) is 5.95. The van der Waals surface area contributed by atoms with E-state index >= 15 is 0 Å². The molecular formula is C15H16BrN3O2. The molecule has 21 heavy (non-hydrogen) atoms. The molecule has 1 aliphatic carbocycles. The third-order valence-corrected chi connectivity index (χ3v) is 3.90. The monoisotopic (exact) mass is 349 g/mol. The number of nitrogens with one attached hydrogen (secondary N) is 1. The van der Waals surface area contributed by atoms with Crippen molar-refractivity contribution in [2.45, 2.75) is 25.4 Å². The number of aromatic nitrogens is 2. The quantitative estimate of drug-likeness (QED) is 0.902. The van der Waals surface area contributed by atoms with Gasteiger partial charge in [-0.1, -0.05) is 6.07 Å². The van der Waals surface area contributed by atoms with Crippen LogP contribution in [0.5, 0.6) is 5.88 Å². The molecule has 110 valence electrons. The van der Waals surface area contributed by atoms with E-state index < -0.39 is 0 Å². The summed E-state index contributed by atoms with van der Waals surface area (Å²) in [6.45, 7) is 0.392. The lowest BCUT2D eigenvalue weighted by atomic mass is 10.2. The number of ether oxygens (including phenoxy) is 1. The van der Waals surface area contributed by atoms with E-state index in [2.05, 4.69) is 26.2 Å². The van der Waals surface area contributed by atoms with Gasteiger partial charge < -0.3 is 14.6 Å². The average Bonchev–Trinajstić information content (AvgIpc) is 3.27. The first-order valence-electron chi connectivity index (χ1n) is 6.82. The summed E-state index contributed by atoms with van der Waals surface area (Å²) in [6, 6.07) is 6.04. The number of carbonyl (C=O) groups is 1. The highest BCUT2D eigenvalue weighted by Gasteiger charge is 2.27. The summed E-state index contributed by atoms with van der Waals surface area (Å²) in [6.07, 6.45) is 5.91. The molecule has 5 nitrogen and oxygen atoms in total. The lowest BCUT2D eigenvalue weighted by Crippen LogP contribution is -2.25. The van der Waals surface area contributed by atoms with Crippen LogP contribution in [0.2, 0.25) is 0 Å². The van der Waals surface area contributed by atoms with Crippen molar-refractivity contribution in [2.75, 3.05) is 7.11 Å². The van der Waals surface area contributed by atoms with Crippen LogP contribution in [0.25, 0.3) is 0 Å². The molecule has 0 spiro atoms. The van der Waals surface area contributed by atoms with Crippen LogP contribution < -0.4 is 10.1 Å². The summed E-state index contributed by atoms with van der Waals surface area (Å²) in [5.74, 6) is 0.454. The number of rotatable bonds is 5. The number of carbonyl (C=O) groups excluding carboxylic acids is 1. The predicted molar refractivity (Wildman–Crippen MR) is 82.4 cm³/mol. The zero-order valence-electron chi connectivity index (χ0n) is 11.7. The van der Waals surface area contributed by atoms with E-state index in [4.69, 9.17) is 4.74 Å². The van der Waals surface area contributed by atoms with Crippen LogP contribution in [-0.2, 0) is 6.54 Å². The fraction of sp³-hybridized carbons (Fsp3) is 0.333. The zero-order valence-corrected chi connectivity index (χ0v) is 13.3. The maximum atomic E-state index is 12.4. The highest BCUT2D eigenvalue weighted by molar-refractivity contribution is 9.10. The van der Waals surface area contributed by atoms with Gasteiger partial charge in [-0.25, -0.2) is 4.98 Å². The Balaban J connectivity index is 1.72. The van der Waals surface area contributed by atoms with E-state index in [1.807, 2.05) is 29.0 Å². The first kappa shape index (κ1) is 14.1. The smallest absolute Gasteiger partial charge is 0.268 e. The van der Waals surface area contributed by atoms with E-state index in [9.17, 15) is 4.79 Å². The molecule has 0 aliphatic heterocycles. The van der Waals surface area contributed by atoms with Crippen molar-refractivity contribution in [3.8, 4) is 5.88 Å². The average molecular weight is 350 g/mol. The predicted octanol–water partition coefficient (Wildman–Crippen LogP) is 2.92. The van der Waals surface area contributed by atoms with Crippen LogP contribution >= 0.6 is 15.9 Å². The third kappa shape index (κ3) is 3.10. The number of methoxy groups -OCH3 is 1. The molecule has 1 aliphatic rings. The van der Waals surface area contributed by atoms with Gasteiger partial charge in [-0.05, 0) is 40.9 Å². The second kappa shape index (κ2) is 5.89. The summed E-state index contributed by atoms with van der Waals surface area (Å²) in [5, 5.41) is 2.93. The first-order valence-corrected chi connectivity index (χ1v) is 7.62. The lowest BCUT2D eigenvalue weighted by molar-refractivity contribution is 0.0941. The molecule has 2 aromatic heterocycles. The van der Waals surface area contributed by atoms with Gasteiger partial charge in [0.05, 0.1) is 7.11 Å². The molecule has 1 N–H and O–H groups in total. The minimum atomic E-state index is -0.0847. The number of halogens is 1. The Hall–Kier alpha value is -1.82. The zero-order chi connectivity index (χ0) is 14.8. The molecule has 0 bridgehead atoms. The Labute approximate surface area is 131 Å². The normalized spacial score (nSPS) is 14.0. The molecule has 0 radical (unpaired) electrons. The van der Waals surface area contributed by atoms with Gasteiger partial charge in [0.15, 0.2) is 0 Å². The third-order valence-electron chi connectivity index (χ3n) is 3.47. The summed E-state index contributed by atoms with van der Waals surface area (Å²) in [4.78, 5) is 16.5. The molecule has 1 fully saturated rings. The maximum Gasteiger partial charge on any atom is 0.268 e. The topological polar surface area (TPSA) is 56.1 Å². The van der Waals surface area contributed by atoms with Gasteiger partial charge in [-0.15, -0.1) is 0 Å². The Morgan fingerprint density at radius 2 is 2.38 bits per heavy atom. The molecule has 0 saturated heterocycles. The molecule has 0 unspecified atom stereocenters. The SMILES string of the molecule is COc1ncccc1CNC(=O)c1cc(Br)cn1C1CC1. The van der Waals surface area contributed by atoms with Crippen molar-refractivity contribution >= 4 is 21.8 Å². The number of hydrogen-bond donors (Lipinski definition) is 1. The molecule has 6 heteroatoms. The van der Waals surface area contributed by atoms with Crippen LogP contribution in [-0.4, -0.2) is 22.6 Å². The Morgan fingerprint density at radius 3 is 3.10 bits per heavy atom. The van der Waals surface area contributed by atoms with Gasteiger partial charge in [0, 0.05) is 35.0 Å². The van der Waals surface area contributed by atoms with Crippen LogP contribution in [0, 0.1) is 0 Å². The standard InChI is InChI=1S/C15H16BrN3O2/c1-21-15-10(3-2-6-17-15)8-18-14(20)13-7-11(16)9-19(13)12-4-5-12/h2-3,6-7,9,12H,4-5,8H2,1H3,(H,18,20). The number of hydrogen-bond acceptors (Lipinski definition) is 3. The van der Waals surface area contributed by atoms with Gasteiger partial charge in [-0.2, -0.15) is 0 Å². The van der Waals surface area contributed by atoms with Gasteiger partial charge in [0.25, 0.3) is 5.91 Å². The van der Waals surface area contributed by atoms with E-state index in [1.54, 1.807) is 13.3 Å². The number of pyridine rings is 1. The second-order valence-electron chi connectivity index (χ2n) is 5.04. The Kier molecular flexibility index (Phi) is 3.96. The summed E-state index contributed by atoms with van der Waals surface area (Å²) < 4.78 is 8.16. The highest BCUT2D eigenvalue weighted by atomic mass is 79.9. The van der Waals surface area contributed by atoms with Crippen molar-refractivity contribution in [1.29, 1.82) is 0 Å². The Morgan fingerprint density at radius 1 is 1.57 bits per heavy atom. The molecule has 0 aromatic carbocycles. The molecule has 2 aromatic rings. The van der Waals surface area contributed by atoms with Gasteiger partial charge in [-0.3, -0.25) is 4.79 Å². The lowest BCUT2D eigenvalue weighted by Gasteiger charge is -2.10. The van der Waals surface area contributed by atoms with Crippen LogP contribution in [0.1, 0.15) is 34.9 Å². The minimum Gasteiger partial charge on any atom is -0.481 e. The summed E-state index contributed by atoms with van der Waals surface area (Å²) in [7, 11) is 1.57. The van der Waals surface area contributed by atoms with Crippen LogP contribution in [0.15, 0.2) is 35.1 Å². The Bertz CT molecular complexity index is 665. The van der Waals surface area contributed by atoms with Gasteiger partial charge >= 0.3 is 0 Å². The largest absolute Gasteiger partial charge is 0.481 e. The fourth-order valence-corrected chi connectivity index (χ4v) is 2.73. The first-order chi connectivity index (χ1) is 10.2. The maximum absolute atomic E-state index is 12.4. The van der Waals surface area contributed by atoms with Crippen molar-refractivity contribution in [3.63, 3.8) is 0 Å². The molecule has 2 heterocycles. The highest BCUT2D eigenvalue weighted by Crippen LogP contribution is 2.37. The van der Waals surface area contributed by atoms with Crippen molar-refractivity contribution < 1.29 is 9.53 Å². The fourth-order valence-electron chi connectivity index (χ4n) is 2.29. The molecule has 0 atom stereocenters. The number of amides is 1. The van der Waals surface area contributed by atoms with Crippen molar-refractivity contribution in [1.82, 2.24) is 14.9 Å². The van der Waals surface area contributed by atoms with E-state index in [1.165, 1.54) is 0 Å². The molecule has 1 saturated carbocycles. The van der Waals surface area contributed by atoms with Crippen molar-refractivity contribution in [3.05, 3.63) is 46.3 Å². The summed E-state index contributed by atoms with van der Waals surface area (Å²) in [5.41, 5.74) is 1.55. The molecule has 1 amide bonds. The van der Waals surface area contributed by atoms with E-state index in [0.29, 0.717) is 24.2 Å². The van der Waals surface area contributed by atoms with Crippen LogP contribution in [0.4, 0.5) is 0 Å². The van der Waals surface area contributed by atoms with Gasteiger partial charge in [0.1, 0.15) is 5.69 Å². The summed E-state index contributed by atoms with van der Waals surface area (Å²) >= 11 is 3.44. The molecular weight excluding hydrogens is 334 g/mol. The minimum absolute atomic E-state index is 0.0847. The van der Waals surface area contributed by atoms with E-state index in [-0.39, 0.29) is 5.91 Å². The molecule has 3 rings (SSSR count). The van der Waals surface area contributed by atoms with Gasteiger partial charge in [0.2, 0.25) is 5.88 Å². The number of nitrogens with zero attached hydrogens (tertiary/aromatic N) is 2. The van der Waals surface area contributed by atoms with Crippen molar-refractivity contribution in [2.24, 2.45) is 0 Å². The van der Waals surface area contributed by atoms with Crippen LogP contribution in [0.3, 0.4) is 0 Å².